The number of rotatable bonds is 1. The topological polar surface area (TPSA) is 0 Å². The summed E-state index contributed by atoms with van der Waals surface area (Å²) in [4.78, 5) is 0. The Morgan fingerprint density at radius 3 is 1.95 bits per heavy atom. The van der Waals surface area contributed by atoms with Crippen LogP contribution in [0.1, 0.15) is 0 Å². The highest BCUT2D eigenvalue weighted by molar-refractivity contribution is 7.28. The SMILES string of the molecule is Pc1ccccc1-c1cc2ccccc2c2ccccc12. The first kappa shape index (κ1) is 12.6. The molecule has 0 aromatic heterocycles. The fraction of sp³-hybridized carbons (Fsp3) is 0. The number of fused-ring (bicyclic) bond motifs is 3. The Kier molecular flexibility index (Phi) is 2.98. The Balaban J connectivity index is 2.20. The van der Waals surface area contributed by atoms with Crippen LogP contribution in [-0.4, -0.2) is 0 Å². The van der Waals surface area contributed by atoms with Gasteiger partial charge in [-0.1, -0.05) is 72.8 Å². The van der Waals surface area contributed by atoms with Crippen molar-refractivity contribution in [2.24, 2.45) is 0 Å². The monoisotopic (exact) mass is 286 g/mol. The highest BCUT2D eigenvalue weighted by Crippen LogP contribution is 2.34. The molecule has 0 aliphatic rings. The van der Waals surface area contributed by atoms with Crippen molar-refractivity contribution in [2.45, 2.75) is 0 Å². The highest BCUT2D eigenvalue weighted by Gasteiger charge is 2.09. The fourth-order valence-electron chi connectivity index (χ4n) is 3.02. The molecule has 0 N–H and O–H groups in total. The third-order valence-electron chi connectivity index (χ3n) is 4.02. The lowest BCUT2D eigenvalue weighted by atomic mass is 9.93. The van der Waals surface area contributed by atoms with Crippen LogP contribution in [0, 0.1) is 0 Å². The molecule has 0 saturated heterocycles. The number of hydrogen-bond acceptors (Lipinski definition) is 0. The van der Waals surface area contributed by atoms with E-state index in [9.17, 15) is 0 Å². The zero-order valence-corrected chi connectivity index (χ0v) is 12.7. The highest BCUT2D eigenvalue weighted by atomic mass is 31.0. The van der Waals surface area contributed by atoms with Crippen LogP contribution in [0.5, 0.6) is 0 Å². The lowest BCUT2D eigenvalue weighted by Crippen LogP contribution is -1.96. The van der Waals surface area contributed by atoms with E-state index in [2.05, 4.69) is 88.1 Å². The van der Waals surface area contributed by atoms with E-state index in [0.717, 1.165) is 0 Å². The van der Waals surface area contributed by atoms with E-state index < -0.39 is 0 Å². The summed E-state index contributed by atoms with van der Waals surface area (Å²) in [6, 6.07) is 28.1. The molecule has 1 atom stereocenters. The molecule has 0 bridgehead atoms. The van der Waals surface area contributed by atoms with Crippen LogP contribution in [0.3, 0.4) is 0 Å². The van der Waals surface area contributed by atoms with Crippen molar-refractivity contribution in [3.05, 3.63) is 78.9 Å². The normalized spacial score (nSPS) is 11.1. The molecule has 0 fully saturated rings. The van der Waals surface area contributed by atoms with Gasteiger partial charge in [-0.3, -0.25) is 0 Å². The molecule has 0 heterocycles. The molecular weight excluding hydrogens is 271 g/mol. The molecule has 21 heavy (non-hydrogen) atoms. The minimum Gasteiger partial charge on any atom is -0.105 e. The first-order chi connectivity index (χ1) is 10.3. The second-order valence-electron chi connectivity index (χ2n) is 5.28. The first-order valence-corrected chi connectivity index (χ1v) is 7.68. The van der Waals surface area contributed by atoms with Crippen LogP contribution in [-0.2, 0) is 0 Å². The second-order valence-corrected chi connectivity index (χ2v) is 5.90. The van der Waals surface area contributed by atoms with Gasteiger partial charge in [0, 0.05) is 0 Å². The molecule has 0 aliphatic heterocycles. The maximum absolute atomic E-state index is 2.85. The van der Waals surface area contributed by atoms with Crippen molar-refractivity contribution in [3.8, 4) is 11.1 Å². The van der Waals surface area contributed by atoms with Crippen molar-refractivity contribution in [1.29, 1.82) is 0 Å². The van der Waals surface area contributed by atoms with E-state index in [1.165, 1.54) is 38.0 Å². The largest absolute Gasteiger partial charge is 0.105 e. The van der Waals surface area contributed by atoms with E-state index in [4.69, 9.17) is 0 Å². The third kappa shape index (κ3) is 2.04. The Morgan fingerprint density at radius 1 is 0.524 bits per heavy atom. The molecule has 0 nitrogen and oxygen atoms in total. The van der Waals surface area contributed by atoms with E-state index in [1.807, 2.05) is 0 Å². The summed E-state index contributed by atoms with van der Waals surface area (Å²) in [5.41, 5.74) is 2.58. The summed E-state index contributed by atoms with van der Waals surface area (Å²) in [7, 11) is 2.85. The van der Waals surface area contributed by atoms with Gasteiger partial charge < -0.3 is 0 Å². The van der Waals surface area contributed by atoms with Gasteiger partial charge >= 0.3 is 0 Å². The molecule has 0 saturated carbocycles. The predicted molar refractivity (Wildman–Crippen MR) is 96.2 cm³/mol. The fourth-order valence-corrected chi connectivity index (χ4v) is 3.38. The van der Waals surface area contributed by atoms with Gasteiger partial charge in [-0.05, 0) is 44.0 Å². The van der Waals surface area contributed by atoms with Crippen LogP contribution in [0.2, 0.25) is 0 Å². The van der Waals surface area contributed by atoms with Crippen molar-refractivity contribution >= 4 is 36.1 Å². The quantitative estimate of drug-likeness (QED) is 0.335. The van der Waals surface area contributed by atoms with Gasteiger partial charge in [-0.25, -0.2) is 0 Å². The average Bonchev–Trinajstić information content (AvgIpc) is 2.55. The molecule has 0 radical (unpaired) electrons. The molecule has 0 spiro atoms. The number of benzene rings is 4. The summed E-state index contributed by atoms with van der Waals surface area (Å²) < 4.78 is 0. The molecule has 4 rings (SSSR count). The zero-order valence-electron chi connectivity index (χ0n) is 11.6. The molecule has 1 heteroatoms. The lowest BCUT2D eigenvalue weighted by Gasteiger charge is -2.12. The Hall–Kier alpha value is -2.17. The maximum atomic E-state index is 2.85. The van der Waals surface area contributed by atoms with Crippen LogP contribution in [0.4, 0.5) is 0 Å². The summed E-state index contributed by atoms with van der Waals surface area (Å²) in [5, 5.41) is 6.47. The molecule has 1 unspecified atom stereocenters. The Bertz CT molecular complexity index is 954. The van der Waals surface area contributed by atoms with Crippen LogP contribution in [0.15, 0.2) is 78.9 Å². The van der Waals surface area contributed by atoms with Gasteiger partial charge in [-0.2, -0.15) is 0 Å². The average molecular weight is 286 g/mol. The van der Waals surface area contributed by atoms with Crippen LogP contribution >= 0.6 is 9.24 Å². The van der Waals surface area contributed by atoms with Crippen molar-refractivity contribution in [2.75, 3.05) is 0 Å². The molecule has 100 valence electrons. The van der Waals surface area contributed by atoms with Gasteiger partial charge in [0.25, 0.3) is 0 Å². The van der Waals surface area contributed by atoms with Crippen LogP contribution in [0.25, 0.3) is 32.7 Å². The third-order valence-corrected chi connectivity index (χ3v) is 4.52. The minimum atomic E-state index is 1.23. The first-order valence-electron chi connectivity index (χ1n) is 7.10. The van der Waals surface area contributed by atoms with E-state index in [-0.39, 0.29) is 0 Å². The molecule has 0 aliphatic carbocycles. The molecular formula is C20H15P. The van der Waals surface area contributed by atoms with E-state index in [1.54, 1.807) is 0 Å². The van der Waals surface area contributed by atoms with Gasteiger partial charge in [0.05, 0.1) is 0 Å². The second kappa shape index (κ2) is 4.98. The summed E-state index contributed by atoms with van der Waals surface area (Å²) >= 11 is 0. The maximum Gasteiger partial charge on any atom is -0.00928 e. The standard InChI is InChI=1S/C20H15P/c21-20-12-6-5-11-18(20)19-13-14-7-1-2-8-15(14)16-9-3-4-10-17(16)19/h1-13H,21H2. The van der Waals surface area contributed by atoms with Crippen molar-refractivity contribution in [3.63, 3.8) is 0 Å². The Labute approximate surface area is 126 Å². The number of hydrogen-bond donors (Lipinski definition) is 0. The van der Waals surface area contributed by atoms with Gasteiger partial charge in [0.1, 0.15) is 0 Å². The zero-order chi connectivity index (χ0) is 14.2. The van der Waals surface area contributed by atoms with Crippen molar-refractivity contribution < 1.29 is 0 Å². The van der Waals surface area contributed by atoms with Gasteiger partial charge in [-0.15, -0.1) is 9.24 Å². The lowest BCUT2D eigenvalue weighted by molar-refractivity contribution is 1.70. The van der Waals surface area contributed by atoms with Crippen molar-refractivity contribution in [1.82, 2.24) is 0 Å². The summed E-state index contributed by atoms with van der Waals surface area (Å²) in [5.74, 6) is 0. The molecule has 4 aromatic carbocycles. The molecule has 0 amide bonds. The van der Waals surface area contributed by atoms with Gasteiger partial charge in [0.2, 0.25) is 0 Å². The van der Waals surface area contributed by atoms with E-state index in [0.29, 0.717) is 0 Å². The van der Waals surface area contributed by atoms with E-state index >= 15 is 0 Å². The Morgan fingerprint density at radius 2 is 1.14 bits per heavy atom. The van der Waals surface area contributed by atoms with Crippen LogP contribution < -0.4 is 5.30 Å². The summed E-state index contributed by atoms with van der Waals surface area (Å²) in [6.45, 7) is 0. The van der Waals surface area contributed by atoms with Gasteiger partial charge in [0.15, 0.2) is 0 Å². The predicted octanol–water partition coefficient (Wildman–Crippen LogP) is 5.16. The minimum absolute atomic E-state index is 1.23. The molecule has 4 aromatic rings. The summed E-state index contributed by atoms with van der Waals surface area (Å²) in [6.07, 6.45) is 0. The smallest absolute Gasteiger partial charge is 0.00928 e.